The van der Waals surface area contributed by atoms with Gasteiger partial charge in [-0.3, -0.25) is 0 Å². The van der Waals surface area contributed by atoms with Crippen LogP contribution in [0.1, 0.15) is 24.3 Å². The molecule has 0 bridgehead atoms. The average molecular weight is 178 g/mol. The number of hydrogen-bond acceptors (Lipinski definition) is 3. The Morgan fingerprint density at radius 3 is 2.54 bits per heavy atom. The topological polar surface area (TPSA) is 61.3 Å². The first-order chi connectivity index (χ1) is 6.22. The Labute approximate surface area is 77.7 Å². The Morgan fingerprint density at radius 1 is 1.31 bits per heavy atom. The van der Waals surface area contributed by atoms with Gasteiger partial charge in [-0.1, -0.05) is 0 Å². The van der Waals surface area contributed by atoms with E-state index < -0.39 is 0 Å². The number of anilines is 2. The number of rotatable bonds is 2. The van der Waals surface area contributed by atoms with Gasteiger partial charge in [0.25, 0.3) is 0 Å². The molecule has 13 heavy (non-hydrogen) atoms. The third kappa shape index (κ3) is 1.41. The fourth-order valence-electron chi connectivity index (χ4n) is 1.52. The van der Waals surface area contributed by atoms with Crippen LogP contribution in [0.5, 0.6) is 5.75 Å². The molecule has 0 radical (unpaired) electrons. The second kappa shape index (κ2) is 2.83. The highest BCUT2D eigenvalue weighted by Gasteiger charge is 2.26. The minimum Gasteiger partial charge on any atom is -0.497 e. The van der Waals surface area contributed by atoms with Gasteiger partial charge < -0.3 is 16.2 Å². The molecule has 3 nitrogen and oxygen atoms in total. The minimum absolute atomic E-state index is 0.609. The lowest BCUT2D eigenvalue weighted by Gasteiger charge is -2.09. The SMILES string of the molecule is COc1cc(N)c(N)c(C2CC2)c1. The van der Waals surface area contributed by atoms with Crippen LogP contribution in [0.4, 0.5) is 11.4 Å². The van der Waals surface area contributed by atoms with Crippen molar-refractivity contribution in [2.45, 2.75) is 18.8 Å². The summed E-state index contributed by atoms with van der Waals surface area (Å²) in [5, 5.41) is 0. The van der Waals surface area contributed by atoms with Crippen molar-refractivity contribution >= 4 is 11.4 Å². The lowest BCUT2D eigenvalue weighted by molar-refractivity contribution is 0.414. The van der Waals surface area contributed by atoms with Gasteiger partial charge in [0.2, 0.25) is 0 Å². The summed E-state index contributed by atoms with van der Waals surface area (Å²) in [7, 11) is 1.64. The van der Waals surface area contributed by atoms with Gasteiger partial charge in [-0.25, -0.2) is 0 Å². The average Bonchev–Trinajstić information content (AvgIpc) is 2.92. The molecule has 0 unspecified atom stereocenters. The zero-order valence-electron chi connectivity index (χ0n) is 7.71. The van der Waals surface area contributed by atoms with E-state index in [1.165, 1.54) is 12.8 Å². The summed E-state index contributed by atoms with van der Waals surface area (Å²) in [5.41, 5.74) is 14.1. The molecule has 0 amide bonds. The predicted molar refractivity (Wildman–Crippen MR) is 53.8 cm³/mol. The molecule has 0 aliphatic heterocycles. The predicted octanol–water partition coefficient (Wildman–Crippen LogP) is 1.74. The highest BCUT2D eigenvalue weighted by atomic mass is 16.5. The third-order valence-corrected chi connectivity index (χ3v) is 2.47. The summed E-state index contributed by atoms with van der Waals surface area (Å²) in [6, 6.07) is 3.75. The molecule has 1 fully saturated rings. The van der Waals surface area contributed by atoms with Crippen molar-refractivity contribution in [1.82, 2.24) is 0 Å². The van der Waals surface area contributed by atoms with Crippen LogP contribution < -0.4 is 16.2 Å². The van der Waals surface area contributed by atoms with E-state index >= 15 is 0 Å². The molecule has 0 atom stereocenters. The lowest BCUT2D eigenvalue weighted by Crippen LogP contribution is -2.00. The van der Waals surface area contributed by atoms with Crippen LogP contribution in [-0.2, 0) is 0 Å². The van der Waals surface area contributed by atoms with E-state index in [4.69, 9.17) is 16.2 Å². The Hall–Kier alpha value is -1.38. The van der Waals surface area contributed by atoms with Crippen LogP contribution in [0.15, 0.2) is 12.1 Å². The van der Waals surface area contributed by atoms with Crippen molar-refractivity contribution in [2.24, 2.45) is 0 Å². The quantitative estimate of drug-likeness (QED) is 0.678. The number of methoxy groups -OCH3 is 1. The van der Waals surface area contributed by atoms with Crippen molar-refractivity contribution in [3.8, 4) is 5.75 Å². The van der Waals surface area contributed by atoms with E-state index in [9.17, 15) is 0 Å². The number of nitrogens with two attached hydrogens (primary N) is 2. The van der Waals surface area contributed by atoms with E-state index in [1.54, 1.807) is 13.2 Å². The summed E-state index contributed by atoms with van der Waals surface area (Å²) in [6.45, 7) is 0. The van der Waals surface area contributed by atoms with Gasteiger partial charge in [0.15, 0.2) is 0 Å². The molecule has 0 saturated heterocycles. The summed E-state index contributed by atoms with van der Waals surface area (Å²) in [6.07, 6.45) is 2.44. The lowest BCUT2D eigenvalue weighted by atomic mass is 10.1. The summed E-state index contributed by atoms with van der Waals surface area (Å²) in [4.78, 5) is 0. The molecular weight excluding hydrogens is 164 g/mol. The van der Waals surface area contributed by atoms with Gasteiger partial charge >= 0.3 is 0 Å². The van der Waals surface area contributed by atoms with E-state index in [-0.39, 0.29) is 0 Å². The molecule has 0 spiro atoms. The first-order valence-electron chi connectivity index (χ1n) is 4.45. The van der Waals surface area contributed by atoms with Gasteiger partial charge in [-0.2, -0.15) is 0 Å². The van der Waals surface area contributed by atoms with Gasteiger partial charge in [0.1, 0.15) is 5.75 Å². The van der Waals surface area contributed by atoms with Crippen LogP contribution in [0.3, 0.4) is 0 Å². The molecule has 1 aromatic carbocycles. The minimum atomic E-state index is 0.609. The molecule has 1 aliphatic rings. The summed E-state index contributed by atoms with van der Waals surface area (Å²) >= 11 is 0. The summed E-state index contributed by atoms with van der Waals surface area (Å²) in [5.74, 6) is 1.41. The Kier molecular flexibility index (Phi) is 1.79. The second-order valence-electron chi connectivity index (χ2n) is 3.49. The summed E-state index contributed by atoms with van der Waals surface area (Å²) < 4.78 is 5.13. The monoisotopic (exact) mass is 178 g/mol. The first kappa shape index (κ1) is 8.23. The second-order valence-corrected chi connectivity index (χ2v) is 3.49. The van der Waals surface area contributed by atoms with Crippen LogP contribution in [0.25, 0.3) is 0 Å². The van der Waals surface area contributed by atoms with Crippen LogP contribution in [0.2, 0.25) is 0 Å². The van der Waals surface area contributed by atoms with Gasteiger partial charge in [-0.05, 0) is 30.4 Å². The van der Waals surface area contributed by atoms with E-state index in [0.29, 0.717) is 11.6 Å². The largest absolute Gasteiger partial charge is 0.497 e. The molecule has 3 heteroatoms. The molecule has 0 aromatic heterocycles. The Bertz CT molecular complexity index is 332. The Balaban J connectivity index is 2.46. The first-order valence-corrected chi connectivity index (χ1v) is 4.45. The van der Waals surface area contributed by atoms with Crippen LogP contribution >= 0.6 is 0 Å². The van der Waals surface area contributed by atoms with Gasteiger partial charge in [0.05, 0.1) is 18.5 Å². The third-order valence-electron chi connectivity index (χ3n) is 2.47. The van der Waals surface area contributed by atoms with Crippen molar-refractivity contribution in [1.29, 1.82) is 0 Å². The van der Waals surface area contributed by atoms with E-state index in [2.05, 4.69) is 0 Å². The van der Waals surface area contributed by atoms with Crippen molar-refractivity contribution in [2.75, 3.05) is 18.6 Å². The number of ether oxygens (including phenoxy) is 1. The van der Waals surface area contributed by atoms with Crippen molar-refractivity contribution in [3.05, 3.63) is 17.7 Å². The van der Waals surface area contributed by atoms with Crippen molar-refractivity contribution in [3.63, 3.8) is 0 Å². The maximum absolute atomic E-state index is 5.87. The molecule has 70 valence electrons. The van der Waals surface area contributed by atoms with Gasteiger partial charge in [0, 0.05) is 6.07 Å². The fraction of sp³-hybridized carbons (Fsp3) is 0.400. The maximum atomic E-state index is 5.87. The van der Waals surface area contributed by atoms with E-state index in [1.807, 2.05) is 6.07 Å². The number of benzene rings is 1. The zero-order valence-corrected chi connectivity index (χ0v) is 7.71. The smallest absolute Gasteiger partial charge is 0.121 e. The van der Waals surface area contributed by atoms with E-state index in [0.717, 1.165) is 17.0 Å². The van der Waals surface area contributed by atoms with Crippen molar-refractivity contribution < 1.29 is 4.74 Å². The highest BCUT2D eigenvalue weighted by Crippen LogP contribution is 2.45. The molecule has 1 saturated carbocycles. The zero-order chi connectivity index (χ0) is 9.42. The van der Waals surface area contributed by atoms with Crippen LogP contribution in [0, 0.1) is 0 Å². The van der Waals surface area contributed by atoms with Gasteiger partial charge in [-0.15, -0.1) is 0 Å². The Morgan fingerprint density at radius 2 is 2.00 bits per heavy atom. The number of nitrogen functional groups attached to an aromatic ring is 2. The standard InChI is InChI=1S/C10H14N2O/c1-13-7-4-8(6-2-3-6)10(12)9(11)5-7/h4-6H,2-3,11-12H2,1H3. The normalized spacial score (nSPS) is 15.8. The molecule has 1 aliphatic carbocycles. The number of hydrogen-bond donors (Lipinski definition) is 2. The molecule has 4 N–H and O–H groups in total. The molecular formula is C10H14N2O. The molecule has 2 rings (SSSR count). The molecule has 0 heterocycles. The molecule has 1 aromatic rings. The fourth-order valence-corrected chi connectivity index (χ4v) is 1.52. The highest BCUT2D eigenvalue weighted by molar-refractivity contribution is 5.71. The van der Waals surface area contributed by atoms with Crippen LogP contribution in [-0.4, -0.2) is 7.11 Å². The maximum Gasteiger partial charge on any atom is 0.121 e.